The Bertz CT molecular complexity index is 1100. The molecule has 12 heteroatoms. The summed E-state index contributed by atoms with van der Waals surface area (Å²) in [5.74, 6) is 11.3. The van der Waals surface area contributed by atoms with Crippen LogP contribution < -0.4 is 17.0 Å². The van der Waals surface area contributed by atoms with Crippen LogP contribution in [0.4, 0.5) is 13.2 Å². The van der Waals surface area contributed by atoms with Gasteiger partial charge in [-0.2, -0.15) is 18.3 Å². The van der Waals surface area contributed by atoms with Gasteiger partial charge in [0.15, 0.2) is 10.8 Å². The minimum Gasteiger partial charge on any atom is -0.347 e. The molecule has 0 aliphatic heterocycles. The number of amidine groups is 1. The number of amides is 1. The van der Waals surface area contributed by atoms with E-state index in [1.807, 2.05) is 6.07 Å². The first-order valence-electron chi connectivity index (χ1n) is 9.30. The Morgan fingerprint density at radius 2 is 1.94 bits per heavy atom. The van der Waals surface area contributed by atoms with Gasteiger partial charge < -0.3 is 11.2 Å². The molecule has 0 spiro atoms. The van der Waals surface area contributed by atoms with Gasteiger partial charge >= 0.3 is 6.18 Å². The zero-order chi connectivity index (χ0) is 23.3. The number of hydrazone groups is 1. The summed E-state index contributed by atoms with van der Waals surface area (Å²) in [5, 5.41) is 7.94. The van der Waals surface area contributed by atoms with Crippen LogP contribution in [0.1, 0.15) is 37.1 Å². The Kier molecular flexibility index (Phi) is 7.05. The van der Waals surface area contributed by atoms with Crippen LogP contribution in [0.15, 0.2) is 53.9 Å². The lowest BCUT2D eigenvalue weighted by Gasteiger charge is -2.18. The molecule has 32 heavy (non-hydrogen) atoms. The Hall–Kier alpha value is -3.51. The molecule has 2 aromatic heterocycles. The number of carbonyl (C=O) groups excluding carboxylic acids is 1. The molecule has 3 rings (SSSR count). The maximum atomic E-state index is 12.7. The van der Waals surface area contributed by atoms with Gasteiger partial charge in [0.2, 0.25) is 0 Å². The van der Waals surface area contributed by atoms with Crippen LogP contribution in [-0.2, 0) is 19.3 Å². The van der Waals surface area contributed by atoms with Gasteiger partial charge in [-0.1, -0.05) is 18.2 Å². The molecule has 0 atom stereocenters. The van der Waals surface area contributed by atoms with E-state index in [2.05, 4.69) is 20.4 Å². The molecular weight excluding hydrogens is 443 g/mol. The second kappa shape index (κ2) is 9.75. The van der Waals surface area contributed by atoms with Gasteiger partial charge in [-0.3, -0.25) is 14.8 Å². The minimum absolute atomic E-state index is 0.0370. The number of thiazole rings is 1. The number of hydrazine groups is 1. The SMILES string of the molecule is Cc1nc(/C(=N/N)N(N)Cc2ccc(C(F)(F)F)cc2)sc1C(=O)NCc1cccnc1. The molecule has 1 aromatic carbocycles. The third-order valence-electron chi connectivity index (χ3n) is 4.40. The van der Waals surface area contributed by atoms with Crippen molar-refractivity contribution in [3.05, 3.63) is 81.1 Å². The van der Waals surface area contributed by atoms with E-state index in [1.165, 1.54) is 12.1 Å². The lowest BCUT2D eigenvalue weighted by atomic mass is 10.1. The zero-order valence-corrected chi connectivity index (χ0v) is 17.7. The Labute approximate surface area is 185 Å². The molecule has 0 saturated heterocycles. The lowest BCUT2D eigenvalue weighted by molar-refractivity contribution is -0.137. The van der Waals surface area contributed by atoms with Crippen molar-refractivity contribution < 1.29 is 18.0 Å². The monoisotopic (exact) mass is 463 g/mol. The number of alkyl halides is 3. The number of hydrogen-bond donors (Lipinski definition) is 3. The Balaban J connectivity index is 1.70. The van der Waals surface area contributed by atoms with Crippen LogP contribution in [0.25, 0.3) is 0 Å². The largest absolute Gasteiger partial charge is 0.416 e. The summed E-state index contributed by atoms with van der Waals surface area (Å²) < 4.78 is 38.2. The summed E-state index contributed by atoms with van der Waals surface area (Å²) >= 11 is 1.06. The number of halogens is 3. The Morgan fingerprint density at radius 1 is 1.22 bits per heavy atom. The number of aromatic nitrogens is 2. The number of nitrogens with one attached hydrogen (secondary N) is 1. The highest BCUT2D eigenvalue weighted by Crippen LogP contribution is 2.29. The van der Waals surface area contributed by atoms with Crippen molar-refractivity contribution in [2.75, 3.05) is 0 Å². The lowest BCUT2D eigenvalue weighted by Crippen LogP contribution is -2.38. The fourth-order valence-corrected chi connectivity index (χ4v) is 3.79. The van der Waals surface area contributed by atoms with E-state index in [4.69, 9.17) is 11.7 Å². The molecule has 0 fully saturated rings. The predicted molar refractivity (Wildman–Crippen MR) is 114 cm³/mol. The van der Waals surface area contributed by atoms with Crippen molar-refractivity contribution in [3.63, 3.8) is 0 Å². The first kappa shape index (κ1) is 23.2. The van der Waals surface area contributed by atoms with Crippen molar-refractivity contribution in [1.29, 1.82) is 0 Å². The van der Waals surface area contributed by atoms with E-state index in [0.717, 1.165) is 34.0 Å². The van der Waals surface area contributed by atoms with Gasteiger partial charge in [0.1, 0.15) is 4.88 Å². The number of nitrogens with zero attached hydrogens (tertiary/aromatic N) is 4. The molecular formula is C20H20F3N7OS. The Morgan fingerprint density at radius 3 is 2.53 bits per heavy atom. The van der Waals surface area contributed by atoms with Gasteiger partial charge in [-0.15, -0.1) is 11.3 Å². The molecule has 0 saturated carbocycles. The predicted octanol–water partition coefficient (Wildman–Crippen LogP) is 2.79. The number of carbonyl (C=O) groups is 1. The fraction of sp³-hybridized carbons (Fsp3) is 0.200. The number of rotatable bonds is 6. The molecule has 2 heterocycles. The first-order valence-corrected chi connectivity index (χ1v) is 10.1. The second-order valence-electron chi connectivity index (χ2n) is 6.75. The molecule has 0 bridgehead atoms. The normalized spacial score (nSPS) is 12.0. The van der Waals surface area contributed by atoms with Gasteiger partial charge in [0.05, 0.1) is 17.8 Å². The average Bonchev–Trinajstić information content (AvgIpc) is 3.14. The minimum atomic E-state index is -4.42. The van der Waals surface area contributed by atoms with Crippen molar-refractivity contribution in [2.24, 2.45) is 16.8 Å². The number of pyridine rings is 1. The van der Waals surface area contributed by atoms with Crippen LogP contribution in [0.2, 0.25) is 0 Å². The van der Waals surface area contributed by atoms with Gasteiger partial charge in [-0.05, 0) is 36.2 Å². The molecule has 3 aromatic rings. The molecule has 5 N–H and O–H groups in total. The summed E-state index contributed by atoms with van der Waals surface area (Å²) in [7, 11) is 0. The van der Waals surface area contributed by atoms with Crippen molar-refractivity contribution >= 4 is 23.1 Å². The van der Waals surface area contributed by atoms with Gasteiger partial charge in [0, 0.05) is 18.9 Å². The molecule has 8 nitrogen and oxygen atoms in total. The van der Waals surface area contributed by atoms with Gasteiger partial charge in [-0.25, -0.2) is 10.8 Å². The summed E-state index contributed by atoms with van der Waals surface area (Å²) in [6, 6.07) is 8.20. The standard InChI is InChI=1S/C20H20F3N7OS/c1-12-16(18(31)27-10-14-3-2-8-26-9-14)32-19(28-12)17(29-24)30(25)11-13-4-6-15(7-5-13)20(21,22)23/h2-9H,10-11,24-25H2,1H3,(H,27,31)/b29-17-. The molecule has 0 aliphatic carbocycles. The number of aryl methyl sites for hydroxylation is 1. The average molecular weight is 463 g/mol. The molecule has 0 radical (unpaired) electrons. The number of nitrogens with two attached hydrogens (primary N) is 2. The van der Waals surface area contributed by atoms with E-state index in [1.54, 1.807) is 25.4 Å². The van der Waals surface area contributed by atoms with E-state index in [9.17, 15) is 18.0 Å². The van der Waals surface area contributed by atoms with Crippen molar-refractivity contribution in [1.82, 2.24) is 20.3 Å². The van der Waals surface area contributed by atoms with Crippen LogP contribution in [0, 0.1) is 6.92 Å². The summed E-state index contributed by atoms with van der Waals surface area (Å²) in [4.78, 5) is 21.3. The molecule has 1 amide bonds. The first-order chi connectivity index (χ1) is 15.2. The topological polar surface area (TPSA) is 123 Å². The maximum absolute atomic E-state index is 12.7. The maximum Gasteiger partial charge on any atom is 0.416 e. The number of benzene rings is 1. The summed E-state index contributed by atoms with van der Waals surface area (Å²) in [6.07, 6.45) is -1.13. The van der Waals surface area contributed by atoms with E-state index in [-0.39, 0.29) is 18.3 Å². The molecule has 0 unspecified atom stereocenters. The van der Waals surface area contributed by atoms with Gasteiger partial charge in [0.25, 0.3) is 5.91 Å². The van der Waals surface area contributed by atoms with Crippen LogP contribution in [-0.4, -0.2) is 26.7 Å². The van der Waals surface area contributed by atoms with Crippen LogP contribution >= 0.6 is 11.3 Å². The second-order valence-corrected chi connectivity index (χ2v) is 7.75. The highest BCUT2D eigenvalue weighted by molar-refractivity contribution is 7.15. The highest BCUT2D eigenvalue weighted by atomic mass is 32.1. The smallest absolute Gasteiger partial charge is 0.347 e. The summed E-state index contributed by atoms with van der Waals surface area (Å²) in [6.45, 7) is 2.01. The summed E-state index contributed by atoms with van der Waals surface area (Å²) in [5.41, 5.74) is 1.08. The number of hydrogen-bond acceptors (Lipinski definition) is 7. The molecule has 0 aliphatic rings. The fourth-order valence-electron chi connectivity index (χ4n) is 2.79. The van der Waals surface area contributed by atoms with Crippen molar-refractivity contribution in [2.45, 2.75) is 26.2 Å². The van der Waals surface area contributed by atoms with Crippen molar-refractivity contribution in [3.8, 4) is 0 Å². The highest BCUT2D eigenvalue weighted by Gasteiger charge is 2.30. The molecule has 168 valence electrons. The van der Waals surface area contributed by atoms with Crippen LogP contribution in [0.5, 0.6) is 0 Å². The quantitative estimate of drug-likeness (QED) is 0.224. The third kappa shape index (κ3) is 5.59. The van der Waals surface area contributed by atoms with E-state index >= 15 is 0 Å². The zero-order valence-electron chi connectivity index (χ0n) is 16.9. The van der Waals surface area contributed by atoms with E-state index in [0.29, 0.717) is 27.7 Å². The third-order valence-corrected chi connectivity index (χ3v) is 5.55. The van der Waals surface area contributed by atoms with Crippen LogP contribution in [0.3, 0.4) is 0 Å². The van der Waals surface area contributed by atoms with E-state index < -0.39 is 11.7 Å².